The number of carbonyl (C=O) groups is 2. The number of halogens is 1. The zero-order chi connectivity index (χ0) is 24.1. The fourth-order valence-corrected chi connectivity index (χ4v) is 4.73. The van der Waals surface area contributed by atoms with Crippen LogP contribution in [0, 0.1) is 18.8 Å². The summed E-state index contributed by atoms with van der Waals surface area (Å²) in [5, 5.41) is 9.53. The molecule has 1 fully saturated rings. The Morgan fingerprint density at radius 1 is 1.15 bits per heavy atom. The summed E-state index contributed by atoms with van der Waals surface area (Å²) in [7, 11) is 0. The minimum atomic E-state index is 0.00765. The SMILES string of the molecule is CCCC(CCCC(=O)c1ccc(Cl)cc1)Cn1cc2c(C)c(C(=O)NCC3CC3)ccc2n1. The van der Waals surface area contributed by atoms with Crippen molar-refractivity contribution in [1.82, 2.24) is 15.1 Å². The summed E-state index contributed by atoms with van der Waals surface area (Å²) in [6, 6.07) is 11.0. The van der Waals surface area contributed by atoms with Crippen molar-refractivity contribution in [2.45, 2.75) is 65.3 Å². The topological polar surface area (TPSA) is 64.0 Å². The summed E-state index contributed by atoms with van der Waals surface area (Å²) in [5.74, 6) is 1.29. The van der Waals surface area contributed by atoms with Crippen LogP contribution in [-0.2, 0) is 6.54 Å². The van der Waals surface area contributed by atoms with E-state index in [1.165, 1.54) is 12.8 Å². The van der Waals surface area contributed by atoms with E-state index in [0.717, 1.165) is 66.4 Å². The molecule has 180 valence electrons. The molecule has 1 aliphatic rings. The Hall–Kier alpha value is -2.66. The fourth-order valence-electron chi connectivity index (χ4n) is 4.61. The van der Waals surface area contributed by atoms with Gasteiger partial charge >= 0.3 is 0 Å². The maximum Gasteiger partial charge on any atom is 0.251 e. The average molecular weight is 480 g/mol. The normalized spacial score (nSPS) is 14.3. The van der Waals surface area contributed by atoms with E-state index in [4.69, 9.17) is 16.7 Å². The molecule has 0 saturated heterocycles. The summed E-state index contributed by atoms with van der Waals surface area (Å²) in [6.45, 7) is 5.80. The van der Waals surface area contributed by atoms with Crippen LogP contribution >= 0.6 is 11.6 Å². The quantitative estimate of drug-likeness (QED) is 0.297. The second-order valence-electron chi connectivity index (χ2n) is 9.65. The van der Waals surface area contributed by atoms with Crippen LogP contribution in [0.2, 0.25) is 5.02 Å². The Kier molecular flexibility index (Phi) is 8.04. The highest BCUT2D eigenvalue weighted by Crippen LogP contribution is 2.28. The smallest absolute Gasteiger partial charge is 0.251 e. The summed E-state index contributed by atoms with van der Waals surface area (Å²) in [5.41, 5.74) is 3.36. The predicted molar refractivity (Wildman–Crippen MR) is 138 cm³/mol. The standard InChI is InChI=1S/C28H34ClN3O2/c1-3-5-21(6-4-7-27(33)22-10-12-23(29)13-11-22)17-32-18-25-19(2)24(14-15-26(25)31-32)28(34)30-16-20-8-9-20/h10-15,18,20-21H,3-9,16-17H2,1-2H3,(H,30,34). The number of hydrogen-bond acceptors (Lipinski definition) is 3. The number of fused-ring (bicyclic) bond motifs is 1. The van der Waals surface area contributed by atoms with E-state index < -0.39 is 0 Å². The van der Waals surface area contributed by atoms with Gasteiger partial charge < -0.3 is 5.32 Å². The second kappa shape index (κ2) is 11.2. The van der Waals surface area contributed by atoms with Gasteiger partial charge in [-0.05, 0) is 92.8 Å². The first-order valence-corrected chi connectivity index (χ1v) is 12.9. The third-order valence-electron chi connectivity index (χ3n) is 6.82. The number of amides is 1. The van der Waals surface area contributed by atoms with Crippen molar-refractivity contribution in [1.29, 1.82) is 0 Å². The summed E-state index contributed by atoms with van der Waals surface area (Å²) >= 11 is 5.93. The van der Waals surface area contributed by atoms with Gasteiger partial charge in [0, 0.05) is 47.2 Å². The van der Waals surface area contributed by atoms with Crippen LogP contribution in [0.15, 0.2) is 42.6 Å². The van der Waals surface area contributed by atoms with Crippen LogP contribution < -0.4 is 5.32 Å². The Balaban J connectivity index is 1.37. The van der Waals surface area contributed by atoms with Crippen LogP contribution in [0.5, 0.6) is 0 Å². The third kappa shape index (κ3) is 6.26. The Labute approximate surface area is 206 Å². The zero-order valence-electron chi connectivity index (χ0n) is 20.1. The highest BCUT2D eigenvalue weighted by Gasteiger charge is 2.22. The van der Waals surface area contributed by atoms with Gasteiger partial charge in [0.25, 0.3) is 5.91 Å². The van der Waals surface area contributed by atoms with Crippen LogP contribution in [0.4, 0.5) is 0 Å². The maximum absolute atomic E-state index is 12.6. The minimum Gasteiger partial charge on any atom is -0.352 e. The monoisotopic (exact) mass is 479 g/mol. The van der Waals surface area contributed by atoms with Crippen molar-refractivity contribution in [2.75, 3.05) is 6.54 Å². The van der Waals surface area contributed by atoms with Crippen molar-refractivity contribution >= 4 is 34.2 Å². The van der Waals surface area contributed by atoms with Gasteiger partial charge in [-0.2, -0.15) is 5.10 Å². The van der Waals surface area contributed by atoms with Gasteiger partial charge in [-0.25, -0.2) is 0 Å². The van der Waals surface area contributed by atoms with E-state index in [1.54, 1.807) is 24.3 Å². The van der Waals surface area contributed by atoms with E-state index in [2.05, 4.69) is 18.4 Å². The summed E-state index contributed by atoms with van der Waals surface area (Å²) in [6.07, 6.45) is 9.10. The molecule has 1 aliphatic carbocycles. The lowest BCUT2D eigenvalue weighted by Crippen LogP contribution is -2.26. The first-order chi connectivity index (χ1) is 16.4. The molecule has 2 aromatic carbocycles. The molecule has 3 aromatic rings. The number of hydrogen-bond donors (Lipinski definition) is 1. The molecular formula is C28H34ClN3O2. The van der Waals surface area contributed by atoms with Gasteiger partial charge in [-0.15, -0.1) is 0 Å². The lowest BCUT2D eigenvalue weighted by molar-refractivity contribution is 0.0949. The molecule has 1 atom stereocenters. The Bertz CT molecular complexity index is 1150. The van der Waals surface area contributed by atoms with Gasteiger partial charge in [-0.3, -0.25) is 14.3 Å². The first-order valence-electron chi connectivity index (χ1n) is 12.5. The molecule has 0 bridgehead atoms. The van der Waals surface area contributed by atoms with E-state index in [9.17, 15) is 9.59 Å². The molecule has 1 heterocycles. The lowest BCUT2D eigenvalue weighted by atomic mass is 9.95. The Morgan fingerprint density at radius 2 is 1.91 bits per heavy atom. The van der Waals surface area contributed by atoms with Crippen molar-refractivity contribution in [2.24, 2.45) is 11.8 Å². The number of rotatable bonds is 12. The van der Waals surface area contributed by atoms with Crippen LogP contribution in [-0.4, -0.2) is 28.0 Å². The third-order valence-corrected chi connectivity index (χ3v) is 7.08. The lowest BCUT2D eigenvalue weighted by Gasteiger charge is -2.16. The molecule has 1 aromatic heterocycles. The number of Topliss-reactive ketones (excluding diaryl/α,β-unsaturated/α-hetero) is 1. The summed E-state index contributed by atoms with van der Waals surface area (Å²) < 4.78 is 2.02. The van der Waals surface area contributed by atoms with Crippen LogP contribution in [0.25, 0.3) is 10.9 Å². The molecule has 6 heteroatoms. The van der Waals surface area contributed by atoms with Gasteiger partial charge in [0.05, 0.1) is 5.52 Å². The van der Waals surface area contributed by atoms with Crippen molar-refractivity contribution in [3.8, 4) is 0 Å². The van der Waals surface area contributed by atoms with Crippen molar-refractivity contribution in [3.63, 3.8) is 0 Å². The van der Waals surface area contributed by atoms with Gasteiger partial charge in [0.2, 0.25) is 0 Å². The number of ketones is 1. The molecule has 4 rings (SSSR count). The summed E-state index contributed by atoms with van der Waals surface area (Å²) in [4.78, 5) is 25.1. The number of carbonyl (C=O) groups excluding carboxylic acids is 2. The molecule has 1 amide bonds. The molecule has 0 spiro atoms. The van der Waals surface area contributed by atoms with Crippen LogP contribution in [0.1, 0.15) is 78.1 Å². The van der Waals surface area contributed by atoms with E-state index in [-0.39, 0.29) is 11.7 Å². The van der Waals surface area contributed by atoms with E-state index in [1.807, 2.05) is 23.7 Å². The van der Waals surface area contributed by atoms with Crippen LogP contribution in [0.3, 0.4) is 0 Å². The fraction of sp³-hybridized carbons (Fsp3) is 0.464. The second-order valence-corrected chi connectivity index (χ2v) is 10.1. The van der Waals surface area contributed by atoms with Gasteiger partial charge in [0.15, 0.2) is 5.78 Å². The average Bonchev–Trinajstić information content (AvgIpc) is 3.56. The maximum atomic E-state index is 12.6. The molecule has 1 unspecified atom stereocenters. The van der Waals surface area contributed by atoms with E-state index in [0.29, 0.717) is 23.3 Å². The highest BCUT2D eigenvalue weighted by molar-refractivity contribution is 6.30. The number of aromatic nitrogens is 2. The minimum absolute atomic E-state index is 0.00765. The predicted octanol–water partition coefficient (Wildman–Crippen LogP) is 6.61. The molecule has 1 saturated carbocycles. The van der Waals surface area contributed by atoms with Gasteiger partial charge in [-0.1, -0.05) is 24.9 Å². The zero-order valence-corrected chi connectivity index (χ0v) is 20.9. The number of benzene rings is 2. The number of nitrogens with one attached hydrogen (secondary N) is 1. The molecule has 5 nitrogen and oxygen atoms in total. The molecule has 0 radical (unpaired) electrons. The first kappa shape index (κ1) is 24.5. The largest absolute Gasteiger partial charge is 0.352 e. The molecule has 1 N–H and O–H groups in total. The molecule has 34 heavy (non-hydrogen) atoms. The van der Waals surface area contributed by atoms with Crippen molar-refractivity contribution < 1.29 is 9.59 Å². The Morgan fingerprint density at radius 3 is 2.62 bits per heavy atom. The number of nitrogens with zero attached hydrogens (tertiary/aromatic N) is 2. The molecule has 0 aliphatic heterocycles. The highest BCUT2D eigenvalue weighted by atomic mass is 35.5. The van der Waals surface area contributed by atoms with E-state index >= 15 is 0 Å². The van der Waals surface area contributed by atoms with Crippen molar-refractivity contribution in [3.05, 3.63) is 64.3 Å². The molecular weight excluding hydrogens is 446 g/mol. The number of aryl methyl sites for hydroxylation is 1. The van der Waals surface area contributed by atoms with Gasteiger partial charge in [0.1, 0.15) is 0 Å².